The fourth-order valence-corrected chi connectivity index (χ4v) is 1.19. The van der Waals surface area contributed by atoms with Crippen LogP contribution in [0.5, 0.6) is 0 Å². The number of hydrogen-bond donors (Lipinski definition) is 1. The summed E-state index contributed by atoms with van der Waals surface area (Å²) in [7, 11) is 0. The zero-order chi connectivity index (χ0) is 7.94. The van der Waals surface area contributed by atoms with Crippen LogP contribution in [0.3, 0.4) is 0 Å². The van der Waals surface area contributed by atoms with Crippen LogP contribution < -0.4 is 5.32 Å². The second kappa shape index (κ2) is 5.56. The lowest BCUT2D eigenvalue weighted by atomic mass is 9.93. The van der Waals surface area contributed by atoms with Crippen molar-refractivity contribution in [1.29, 1.82) is 0 Å². The lowest BCUT2D eigenvalue weighted by Gasteiger charge is -2.26. The van der Waals surface area contributed by atoms with Gasteiger partial charge in [0.15, 0.2) is 0 Å². The second-order valence-corrected chi connectivity index (χ2v) is 3.19. The predicted octanol–water partition coefficient (Wildman–Crippen LogP) is 1.56. The molecule has 0 aromatic rings. The highest BCUT2D eigenvalue weighted by molar-refractivity contribution is 4.75. The molecule has 0 aromatic carbocycles. The van der Waals surface area contributed by atoms with Crippen molar-refractivity contribution in [1.82, 2.24) is 5.32 Å². The third-order valence-electron chi connectivity index (χ3n) is 2.13. The van der Waals surface area contributed by atoms with E-state index in [2.05, 4.69) is 12.2 Å². The van der Waals surface area contributed by atoms with E-state index in [4.69, 9.17) is 4.74 Å². The van der Waals surface area contributed by atoms with Gasteiger partial charge in [0.25, 0.3) is 0 Å². The van der Waals surface area contributed by atoms with E-state index in [0.717, 1.165) is 32.2 Å². The monoisotopic (exact) mass is 157 g/mol. The van der Waals surface area contributed by atoms with Gasteiger partial charge in [0, 0.05) is 19.2 Å². The first-order chi connectivity index (χ1) is 5.43. The molecule has 1 fully saturated rings. The minimum Gasteiger partial charge on any atom is -0.380 e. The summed E-state index contributed by atoms with van der Waals surface area (Å²) < 4.78 is 5.34. The standard InChI is InChI=1S/C9H19NO/c1-2-7-11-8-6-10-9-4-3-5-9/h9-10H,2-8H2,1H3. The third kappa shape index (κ3) is 3.73. The van der Waals surface area contributed by atoms with E-state index >= 15 is 0 Å². The molecule has 0 atom stereocenters. The van der Waals surface area contributed by atoms with Gasteiger partial charge in [-0.1, -0.05) is 13.3 Å². The Morgan fingerprint density at radius 3 is 2.73 bits per heavy atom. The molecular formula is C9H19NO. The normalized spacial score (nSPS) is 18.3. The molecule has 0 amide bonds. The summed E-state index contributed by atoms with van der Waals surface area (Å²) in [6.45, 7) is 4.96. The van der Waals surface area contributed by atoms with Gasteiger partial charge in [-0.3, -0.25) is 0 Å². The summed E-state index contributed by atoms with van der Waals surface area (Å²) in [5.74, 6) is 0. The van der Waals surface area contributed by atoms with Crippen molar-refractivity contribution in [3.63, 3.8) is 0 Å². The highest BCUT2D eigenvalue weighted by Gasteiger charge is 2.15. The summed E-state index contributed by atoms with van der Waals surface area (Å²) >= 11 is 0. The van der Waals surface area contributed by atoms with Gasteiger partial charge in [0.2, 0.25) is 0 Å². The average Bonchev–Trinajstić information content (AvgIpc) is 1.93. The first-order valence-electron chi connectivity index (χ1n) is 4.74. The molecule has 11 heavy (non-hydrogen) atoms. The van der Waals surface area contributed by atoms with E-state index in [1.165, 1.54) is 19.3 Å². The van der Waals surface area contributed by atoms with Crippen LogP contribution in [0, 0.1) is 0 Å². The fourth-order valence-electron chi connectivity index (χ4n) is 1.19. The topological polar surface area (TPSA) is 21.3 Å². The molecule has 0 aliphatic heterocycles. The van der Waals surface area contributed by atoms with Crippen molar-refractivity contribution in [3.05, 3.63) is 0 Å². The van der Waals surface area contributed by atoms with E-state index in [1.807, 2.05) is 0 Å². The molecule has 0 radical (unpaired) electrons. The summed E-state index contributed by atoms with van der Waals surface area (Å²) in [4.78, 5) is 0. The minimum atomic E-state index is 0.806. The van der Waals surface area contributed by atoms with E-state index < -0.39 is 0 Å². The average molecular weight is 157 g/mol. The molecule has 0 heterocycles. The molecule has 1 aliphatic rings. The predicted molar refractivity (Wildman–Crippen MR) is 46.8 cm³/mol. The zero-order valence-electron chi connectivity index (χ0n) is 7.44. The van der Waals surface area contributed by atoms with Crippen molar-refractivity contribution in [2.24, 2.45) is 0 Å². The van der Waals surface area contributed by atoms with Crippen LogP contribution in [0.25, 0.3) is 0 Å². The second-order valence-electron chi connectivity index (χ2n) is 3.19. The van der Waals surface area contributed by atoms with Gasteiger partial charge in [0.05, 0.1) is 6.61 Å². The van der Waals surface area contributed by atoms with Crippen LogP contribution in [-0.4, -0.2) is 25.8 Å². The maximum absolute atomic E-state index is 5.34. The Balaban J connectivity index is 1.73. The van der Waals surface area contributed by atoms with Crippen molar-refractivity contribution in [2.45, 2.75) is 38.6 Å². The number of hydrogen-bond acceptors (Lipinski definition) is 2. The van der Waals surface area contributed by atoms with Gasteiger partial charge in [-0.05, 0) is 19.3 Å². The van der Waals surface area contributed by atoms with Crippen molar-refractivity contribution < 1.29 is 4.74 Å². The van der Waals surface area contributed by atoms with Crippen molar-refractivity contribution in [3.8, 4) is 0 Å². The van der Waals surface area contributed by atoms with Crippen LogP contribution in [-0.2, 0) is 4.74 Å². The van der Waals surface area contributed by atoms with Gasteiger partial charge < -0.3 is 10.1 Å². The third-order valence-corrected chi connectivity index (χ3v) is 2.13. The minimum absolute atomic E-state index is 0.806. The molecular weight excluding hydrogens is 138 g/mol. The molecule has 0 spiro atoms. The molecule has 0 saturated heterocycles. The largest absolute Gasteiger partial charge is 0.380 e. The van der Waals surface area contributed by atoms with Gasteiger partial charge >= 0.3 is 0 Å². The molecule has 0 unspecified atom stereocenters. The Morgan fingerprint density at radius 2 is 2.18 bits per heavy atom. The lowest BCUT2D eigenvalue weighted by Crippen LogP contribution is -2.37. The van der Waals surface area contributed by atoms with E-state index in [0.29, 0.717) is 0 Å². The Labute approximate surface area is 69.3 Å². The van der Waals surface area contributed by atoms with E-state index in [1.54, 1.807) is 0 Å². The molecule has 66 valence electrons. The quantitative estimate of drug-likeness (QED) is 0.591. The Morgan fingerprint density at radius 1 is 1.36 bits per heavy atom. The highest BCUT2D eigenvalue weighted by atomic mass is 16.5. The van der Waals surface area contributed by atoms with Crippen LogP contribution in [0.2, 0.25) is 0 Å². The zero-order valence-corrected chi connectivity index (χ0v) is 7.44. The molecule has 1 rings (SSSR count). The van der Waals surface area contributed by atoms with Crippen LogP contribution in [0.15, 0.2) is 0 Å². The van der Waals surface area contributed by atoms with Crippen LogP contribution >= 0.6 is 0 Å². The maximum atomic E-state index is 5.34. The molecule has 1 aliphatic carbocycles. The van der Waals surface area contributed by atoms with Crippen molar-refractivity contribution >= 4 is 0 Å². The molecule has 2 nitrogen and oxygen atoms in total. The molecule has 1 saturated carbocycles. The van der Waals surface area contributed by atoms with Crippen LogP contribution in [0.1, 0.15) is 32.6 Å². The fraction of sp³-hybridized carbons (Fsp3) is 1.00. The first-order valence-corrected chi connectivity index (χ1v) is 4.74. The van der Waals surface area contributed by atoms with Crippen molar-refractivity contribution in [2.75, 3.05) is 19.8 Å². The number of ether oxygens (including phenoxy) is 1. The Bertz CT molecular complexity index is 91.6. The van der Waals surface area contributed by atoms with Gasteiger partial charge in [-0.15, -0.1) is 0 Å². The molecule has 0 aromatic heterocycles. The molecule has 2 heteroatoms. The molecule has 0 bridgehead atoms. The summed E-state index contributed by atoms with van der Waals surface area (Å²) in [6.07, 6.45) is 5.28. The lowest BCUT2D eigenvalue weighted by molar-refractivity contribution is 0.131. The van der Waals surface area contributed by atoms with Gasteiger partial charge in [0.1, 0.15) is 0 Å². The smallest absolute Gasteiger partial charge is 0.0590 e. The van der Waals surface area contributed by atoms with Gasteiger partial charge in [-0.25, -0.2) is 0 Å². The summed E-state index contributed by atoms with van der Waals surface area (Å²) in [5, 5.41) is 3.45. The van der Waals surface area contributed by atoms with Gasteiger partial charge in [-0.2, -0.15) is 0 Å². The van der Waals surface area contributed by atoms with E-state index in [-0.39, 0.29) is 0 Å². The number of rotatable bonds is 6. The molecule has 1 N–H and O–H groups in total. The van der Waals surface area contributed by atoms with E-state index in [9.17, 15) is 0 Å². The maximum Gasteiger partial charge on any atom is 0.0590 e. The summed E-state index contributed by atoms with van der Waals surface area (Å²) in [6, 6.07) is 0.806. The first kappa shape index (κ1) is 9.01. The highest BCUT2D eigenvalue weighted by Crippen LogP contribution is 2.17. The summed E-state index contributed by atoms with van der Waals surface area (Å²) in [5.41, 5.74) is 0. The Hall–Kier alpha value is -0.0800. The van der Waals surface area contributed by atoms with Crippen LogP contribution in [0.4, 0.5) is 0 Å². The number of nitrogens with one attached hydrogen (secondary N) is 1. The Kier molecular flexibility index (Phi) is 4.55. The SMILES string of the molecule is CCCOCCNC1CCC1.